The smallest absolute Gasteiger partial charge is 0.267 e. The minimum absolute atomic E-state index is 0. The van der Waals surface area contributed by atoms with E-state index in [0.29, 0.717) is 25.2 Å². The normalized spacial score (nSPS) is 20.0. The third-order valence-corrected chi connectivity index (χ3v) is 6.50. The molecule has 0 radical (unpaired) electrons. The van der Waals surface area contributed by atoms with Crippen molar-refractivity contribution in [1.29, 1.82) is 0 Å². The lowest BCUT2D eigenvalue weighted by atomic mass is 9.90. The maximum Gasteiger partial charge on any atom is 0.267 e. The molecule has 1 aliphatic rings. The maximum atomic E-state index is 12.7. The fraction of sp³-hybridized carbons (Fsp3) is 0.389. The second-order valence-corrected chi connectivity index (χ2v) is 8.88. The van der Waals surface area contributed by atoms with E-state index < -0.39 is 10.0 Å². The summed E-state index contributed by atoms with van der Waals surface area (Å²) in [5, 5.41) is 0. The molecule has 0 aliphatic carbocycles. The molecular formula is C18H24ClN3O3S. The molecule has 1 amide bonds. The highest BCUT2D eigenvalue weighted by Crippen LogP contribution is 2.29. The number of nitrogens with two attached hydrogens (primary N) is 1. The Labute approximate surface area is 160 Å². The molecule has 3 rings (SSSR count). The van der Waals surface area contributed by atoms with Gasteiger partial charge < -0.3 is 10.6 Å². The Morgan fingerprint density at radius 2 is 1.88 bits per heavy atom. The summed E-state index contributed by atoms with van der Waals surface area (Å²) in [6.45, 7) is 5.72. The Morgan fingerprint density at radius 3 is 2.46 bits per heavy atom. The Kier molecular flexibility index (Phi) is 5.85. The van der Waals surface area contributed by atoms with Gasteiger partial charge in [-0.05, 0) is 43.5 Å². The number of carbonyl (C=O) groups is 1. The van der Waals surface area contributed by atoms with E-state index in [9.17, 15) is 13.2 Å². The molecule has 142 valence electrons. The van der Waals surface area contributed by atoms with Gasteiger partial charge in [0.25, 0.3) is 15.9 Å². The Bertz CT molecular complexity index is 893. The second kappa shape index (κ2) is 7.42. The van der Waals surface area contributed by atoms with Gasteiger partial charge in [-0.15, -0.1) is 12.4 Å². The summed E-state index contributed by atoms with van der Waals surface area (Å²) < 4.78 is 26.4. The van der Waals surface area contributed by atoms with Crippen LogP contribution in [0.4, 0.5) is 0 Å². The molecule has 8 heteroatoms. The van der Waals surface area contributed by atoms with Gasteiger partial charge in [0.05, 0.1) is 10.5 Å². The SMILES string of the molecule is Cc1ccc(S(=O)(=O)n2ccc(C(=O)N3CCC(C)(CN)C3)c2)cc1.Cl. The van der Waals surface area contributed by atoms with Crippen LogP contribution in [0, 0.1) is 12.3 Å². The van der Waals surface area contributed by atoms with Gasteiger partial charge in [-0.2, -0.15) is 0 Å². The molecule has 1 saturated heterocycles. The van der Waals surface area contributed by atoms with Crippen molar-refractivity contribution in [3.8, 4) is 0 Å². The number of amides is 1. The summed E-state index contributed by atoms with van der Waals surface area (Å²) in [6, 6.07) is 8.19. The molecule has 2 aromatic rings. The maximum absolute atomic E-state index is 12.7. The van der Waals surface area contributed by atoms with Crippen molar-refractivity contribution in [2.24, 2.45) is 11.1 Å². The lowest BCUT2D eigenvalue weighted by Gasteiger charge is -2.22. The third-order valence-electron chi connectivity index (χ3n) is 4.85. The molecule has 1 aliphatic heterocycles. The van der Waals surface area contributed by atoms with Crippen molar-refractivity contribution in [1.82, 2.24) is 8.87 Å². The van der Waals surface area contributed by atoms with E-state index >= 15 is 0 Å². The first-order valence-corrected chi connectivity index (χ1v) is 9.69. The van der Waals surface area contributed by atoms with E-state index in [1.165, 1.54) is 12.4 Å². The average Bonchev–Trinajstić information content (AvgIpc) is 3.23. The molecule has 2 N–H and O–H groups in total. The van der Waals surface area contributed by atoms with Crippen molar-refractivity contribution in [2.45, 2.75) is 25.2 Å². The van der Waals surface area contributed by atoms with Crippen LogP contribution < -0.4 is 5.73 Å². The van der Waals surface area contributed by atoms with Crippen LogP contribution in [-0.4, -0.2) is 42.8 Å². The highest BCUT2D eigenvalue weighted by Gasteiger charge is 2.35. The van der Waals surface area contributed by atoms with Crippen LogP contribution in [0.3, 0.4) is 0 Å². The van der Waals surface area contributed by atoms with Crippen LogP contribution in [0.5, 0.6) is 0 Å². The molecule has 2 heterocycles. The van der Waals surface area contributed by atoms with E-state index in [2.05, 4.69) is 6.92 Å². The van der Waals surface area contributed by atoms with Crippen molar-refractivity contribution in [3.63, 3.8) is 0 Å². The number of carbonyl (C=O) groups excluding carboxylic acids is 1. The first kappa shape index (κ1) is 20.5. The molecule has 26 heavy (non-hydrogen) atoms. The first-order chi connectivity index (χ1) is 11.7. The minimum Gasteiger partial charge on any atom is -0.338 e. The first-order valence-electron chi connectivity index (χ1n) is 8.25. The summed E-state index contributed by atoms with van der Waals surface area (Å²) in [6.07, 6.45) is 3.66. The average molecular weight is 398 g/mol. The fourth-order valence-electron chi connectivity index (χ4n) is 3.03. The number of rotatable bonds is 4. The van der Waals surface area contributed by atoms with Gasteiger partial charge in [0.2, 0.25) is 0 Å². The standard InChI is InChI=1S/C18H23N3O3S.ClH/c1-14-3-5-16(6-4-14)25(23,24)21-9-7-15(11-21)17(22)20-10-8-18(2,12-19)13-20;/h3-7,9,11H,8,10,12-13,19H2,1-2H3;1H. The van der Waals surface area contributed by atoms with Crippen LogP contribution in [0.1, 0.15) is 29.3 Å². The summed E-state index contributed by atoms with van der Waals surface area (Å²) in [5.41, 5.74) is 7.08. The van der Waals surface area contributed by atoms with Crippen molar-refractivity contribution in [2.75, 3.05) is 19.6 Å². The summed E-state index contributed by atoms with van der Waals surface area (Å²) in [4.78, 5) is 14.6. The van der Waals surface area contributed by atoms with E-state index in [1.54, 1.807) is 35.2 Å². The lowest BCUT2D eigenvalue weighted by Crippen LogP contribution is -2.34. The number of nitrogens with zero attached hydrogens (tertiary/aromatic N) is 2. The molecule has 0 bridgehead atoms. The largest absolute Gasteiger partial charge is 0.338 e. The van der Waals surface area contributed by atoms with Gasteiger partial charge >= 0.3 is 0 Å². The van der Waals surface area contributed by atoms with E-state index in [-0.39, 0.29) is 28.6 Å². The summed E-state index contributed by atoms with van der Waals surface area (Å²) in [7, 11) is -3.69. The molecule has 6 nitrogen and oxygen atoms in total. The van der Waals surface area contributed by atoms with Crippen LogP contribution in [-0.2, 0) is 10.0 Å². The van der Waals surface area contributed by atoms with Crippen LogP contribution >= 0.6 is 12.4 Å². The zero-order chi connectivity index (χ0) is 18.2. The van der Waals surface area contributed by atoms with Crippen LogP contribution in [0.25, 0.3) is 0 Å². The monoisotopic (exact) mass is 397 g/mol. The van der Waals surface area contributed by atoms with Crippen molar-refractivity contribution in [3.05, 3.63) is 53.9 Å². The predicted octanol–water partition coefficient (Wildman–Crippen LogP) is 2.27. The van der Waals surface area contributed by atoms with E-state index in [1.807, 2.05) is 6.92 Å². The number of aryl methyl sites for hydroxylation is 1. The number of hydrogen-bond acceptors (Lipinski definition) is 4. The predicted molar refractivity (Wildman–Crippen MR) is 103 cm³/mol. The number of likely N-dealkylation sites (tertiary alicyclic amines) is 1. The van der Waals surface area contributed by atoms with E-state index in [0.717, 1.165) is 16.0 Å². The van der Waals surface area contributed by atoms with Crippen LogP contribution in [0.2, 0.25) is 0 Å². The highest BCUT2D eigenvalue weighted by atomic mass is 35.5. The highest BCUT2D eigenvalue weighted by molar-refractivity contribution is 7.90. The fourth-order valence-corrected chi connectivity index (χ4v) is 4.23. The summed E-state index contributed by atoms with van der Waals surface area (Å²) in [5.74, 6) is -0.157. The topological polar surface area (TPSA) is 85.4 Å². The molecule has 1 atom stereocenters. The van der Waals surface area contributed by atoms with Crippen molar-refractivity contribution < 1.29 is 13.2 Å². The van der Waals surface area contributed by atoms with Crippen LogP contribution in [0.15, 0.2) is 47.6 Å². The third kappa shape index (κ3) is 3.79. The zero-order valence-corrected chi connectivity index (χ0v) is 16.5. The number of halogens is 1. The Morgan fingerprint density at radius 1 is 1.23 bits per heavy atom. The zero-order valence-electron chi connectivity index (χ0n) is 14.9. The van der Waals surface area contributed by atoms with Gasteiger partial charge in [0.1, 0.15) is 0 Å². The lowest BCUT2D eigenvalue weighted by molar-refractivity contribution is 0.0777. The Balaban J connectivity index is 0.00000243. The Hall–Kier alpha value is -1.83. The molecule has 1 fully saturated rings. The molecule has 1 aromatic carbocycles. The van der Waals surface area contributed by atoms with Gasteiger partial charge in [-0.1, -0.05) is 24.6 Å². The molecular weight excluding hydrogens is 374 g/mol. The van der Waals surface area contributed by atoms with Crippen molar-refractivity contribution >= 4 is 28.3 Å². The minimum atomic E-state index is -3.69. The van der Waals surface area contributed by atoms with Gasteiger partial charge in [-0.3, -0.25) is 4.79 Å². The van der Waals surface area contributed by atoms with Gasteiger partial charge in [0, 0.05) is 25.5 Å². The molecule has 1 unspecified atom stereocenters. The molecule has 0 saturated carbocycles. The molecule has 0 spiro atoms. The quantitative estimate of drug-likeness (QED) is 0.857. The van der Waals surface area contributed by atoms with Gasteiger partial charge in [-0.25, -0.2) is 12.4 Å². The number of aromatic nitrogens is 1. The second-order valence-electron chi connectivity index (χ2n) is 7.04. The summed E-state index contributed by atoms with van der Waals surface area (Å²) >= 11 is 0. The van der Waals surface area contributed by atoms with Gasteiger partial charge in [0.15, 0.2) is 0 Å². The number of hydrogen-bond donors (Lipinski definition) is 1. The molecule has 1 aromatic heterocycles. The van der Waals surface area contributed by atoms with E-state index in [4.69, 9.17) is 5.73 Å². The number of benzene rings is 1.